The third-order valence-electron chi connectivity index (χ3n) is 2.08. The molecule has 0 spiro atoms. The smallest absolute Gasteiger partial charge is 0.171 e. The van der Waals surface area contributed by atoms with Gasteiger partial charge in [0.25, 0.3) is 0 Å². The normalized spacial score (nSPS) is 34.8. The summed E-state index contributed by atoms with van der Waals surface area (Å²) >= 11 is 0. The fourth-order valence-corrected chi connectivity index (χ4v) is 1.47. The molecule has 0 nitrogen and oxygen atoms in total. The van der Waals surface area contributed by atoms with Crippen molar-refractivity contribution >= 4 is 0 Å². The first kappa shape index (κ1) is 7.89. The summed E-state index contributed by atoms with van der Waals surface area (Å²) in [5, 5.41) is 0. The van der Waals surface area contributed by atoms with E-state index in [1.165, 1.54) is 0 Å². The first-order chi connectivity index (χ1) is 4.52. The van der Waals surface area contributed by atoms with Crippen molar-refractivity contribution < 1.29 is 13.2 Å². The quantitative estimate of drug-likeness (QED) is 0.499. The molecule has 1 aliphatic rings. The lowest BCUT2D eigenvalue weighted by Gasteiger charge is -2.18. The first-order valence-electron chi connectivity index (χ1n) is 3.41. The van der Waals surface area contributed by atoms with Gasteiger partial charge in [0.1, 0.15) is 0 Å². The van der Waals surface area contributed by atoms with Crippen molar-refractivity contribution in [3.63, 3.8) is 0 Å². The van der Waals surface area contributed by atoms with Gasteiger partial charge in [0.15, 0.2) is 0 Å². The lowest BCUT2D eigenvalue weighted by molar-refractivity contribution is -0.179. The highest BCUT2D eigenvalue weighted by Crippen LogP contribution is 2.42. The predicted molar refractivity (Wildman–Crippen MR) is 32.2 cm³/mol. The summed E-state index contributed by atoms with van der Waals surface area (Å²) in [6.45, 7) is 3.47. The van der Waals surface area contributed by atoms with Gasteiger partial charge in [-0.25, -0.2) is 0 Å². The second-order valence-corrected chi connectivity index (χ2v) is 2.84. The molecule has 2 atom stereocenters. The Morgan fingerprint density at radius 3 is 2.00 bits per heavy atom. The van der Waals surface area contributed by atoms with Crippen molar-refractivity contribution in [1.82, 2.24) is 0 Å². The largest absolute Gasteiger partial charge is 0.392 e. The lowest BCUT2D eigenvalue weighted by Crippen LogP contribution is -2.24. The van der Waals surface area contributed by atoms with Crippen LogP contribution in [-0.2, 0) is 0 Å². The third-order valence-corrected chi connectivity index (χ3v) is 2.08. The fraction of sp³-hybridized carbons (Fsp3) is 0.857. The molecule has 59 valence electrons. The maximum absolute atomic E-state index is 12.0. The average molecular weight is 151 g/mol. The highest BCUT2D eigenvalue weighted by Gasteiger charge is 2.44. The molecule has 10 heavy (non-hydrogen) atoms. The van der Waals surface area contributed by atoms with E-state index >= 15 is 0 Å². The zero-order chi connectivity index (χ0) is 7.78. The Hall–Kier alpha value is -0.210. The van der Waals surface area contributed by atoms with Crippen LogP contribution in [0.5, 0.6) is 0 Å². The zero-order valence-electron chi connectivity index (χ0n) is 5.62. The van der Waals surface area contributed by atoms with Crippen LogP contribution < -0.4 is 0 Å². The second kappa shape index (κ2) is 2.44. The van der Waals surface area contributed by atoms with Gasteiger partial charge in [0.2, 0.25) is 0 Å². The number of hydrogen-bond donors (Lipinski definition) is 0. The van der Waals surface area contributed by atoms with E-state index < -0.39 is 18.0 Å². The highest BCUT2D eigenvalue weighted by molar-refractivity contribution is 4.83. The van der Waals surface area contributed by atoms with Crippen LogP contribution in [0.4, 0.5) is 13.2 Å². The summed E-state index contributed by atoms with van der Waals surface area (Å²) in [7, 11) is 0. The Labute approximate surface area is 58.4 Å². The molecule has 0 bridgehead atoms. The van der Waals surface area contributed by atoms with E-state index in [1.807, 2.05) is 0 Å². The maximum atomic E-state index is 12.0. The van der Waals surface area contributed by atoms with Crippen molar-refractivity contribution in [2.24, 2.45) is 11.8 Å². The summed E-state index contributed by atoms with van der Waals surface area (Å²) in [4.78, 5) is 0. The van der Waals surface area contributed by atoms with Gasteiger partial charge in [0, 0.05) is 0 Å². The van der Waals surface area contributed by atoms with E-state index in [4.69, 9.17) is 0 Å². The SMILES string of the molecule is [CH2][C@H]1CCC[C@H]1C(F)(F)F. The minimum Gasteiger partial charge on any atom is -0.171 e. The van der Waals surface area contributed by atoms with Gasteiger partial charge in [-0.2, -0.15) is 13.2 Å². The summed E-state index contributed by atoms with van der Waals surface area (Å²) < 4.78 is 35.9. The standard InChI is InChI=1S/C7H10F3/c1-5-3-2-4-6(5)7(8,9)10/h5-6H,1-4H2/t5-,6+/m0/s1. The molecule has 0 aliphatic heterocycles. The summed E-state index contributed by atoms with van der Waals surface area (Å²) in [6, 6.07) is 0. The van der Waals surface area contributed by atoms with Crippen LogP contribution >= 0.6 is 0 Å². The van der Waals surface area contributed by atoms with Gasteiger partial charge in [-0.05, 0) is 25.7 Å². The fourth-order valence-electron chi connectivity index (χ4n) is 1.47. The van der Waals surface area contributed by atoms with Gasteiger partial charge < -0.3 is 0 Å². The van der Waals surface area contributed by atoms with Gasteiger partial charge in [0.05, 0.1) is 5.92 Å². The maximum Gasteiger partial charge on any atom is 0.392 e. The lowest BCUT2D eigenvalue weighted by atomic mass is 9.98. The van der Waals surface area contributed by atoms with Crippen LogP contribution in [0.1, 0.15) is 19.3 Å². The van der Waals surface area contributed by atoms with Crippen molar-refractivity contribution in [2.75, 3.05) is 0 Å². The molecule has 0 unspecified atom stereocenters. The molecular weight excluding hydrogens is 141 g/mol. The summed E-state index contributed by atoms with van der Waals surface area (Å²) in [5.74, 6) is -1.53. The Bertz CT molecular complexity index is 117. The molecule has 1 radical (unpaired) electrons. The molecule has 0 aromatic rings. The molecular formula is C7H10F3. The van der Waals surface area contributed by atoms with Crippen molar-refractivity contribution in [1.29, 1.82) is 0 Å². The monoisotopic (exact) mass is 151 g/mol. The minimum atomic E-state index is -4.01. The van der Waals surface area contributed by atoms with Gasteiger partial charge in [-0.15, -0.1) is 0 Å². The molecule has 1 saturated carbocycles. The first-order valence-corrected chi connectivity index (χ1v) is 3.41. The molecule has 3 heteroatoms. The third kappa shape index (κ3) is 1.44. The number of alkyl halides is 3. The van der Waals surface area contributed by atoms with Gasteiger partial charge in [-0.1, -0.05) is 6.42 Å². The Morgan fingerprint density at radius 2 is 1.80 bits per heavy atom. The van der Waals surface area contributed by atoms with E-state index in [-0.39, 0.29) is 6.42 Å². The average Bonchev–Trinajstić information content (AvgIpc) is 2.11. The van der Waals surface area contributed by atoms with Crippen LogP contribution in [0.2, 0.25) is 0 Å². The van der Waals surface area contributed by atoms with Crippen molar-refractivity contribution in [3.8, 4) is 0 Å². The molecule has 0 saturated heterocycles. The predicted octanol–water partition coefficient (Wildman–Crippen LogP) is 2.80. The topological polar surface area (TPSA) is 0 Å². The van der Waals surface area contributed by atoms with Gasteiger partial charge >= 0.3 is 6.18 Å². The number of rotatable bonds is 0. The summed E-state index contributed by atoms with van der Waals surface area (Å²) in [5.41, 5.74) is 0. The van der Waals surface area contributed by atoms with Crippen LogP contribution in [0.25, 0.3) is 0 Å². The second-order valence-electron chi connectivity index (χ2n) is 2.84. The molecule has 0 amide bonds. The Kier molecular flexibility index (Phi) is 1.92. The minimum absolute atomic E-state index is 0.275. The van der Waals surface area contributed by atoms with Crippen LogP contribution in [0, 0.1) is 18.8 Å². The molecule has 0 N–H and O–H groups in total. The Balaban J connectivity index is 2.55. The number of hydrogen-bond acceptors (Lipinski definition) is 0. The van der Waals surface area contributed by atoms with Crippen molar-refractivity contribution in [2.45, 2.75) is 25.4 Å². The molecule has 1 aliphatic carbocycles. The van der Waals surface area contributed by atoms with Crippen molar-refractivity contribution in [3.05, 3.63) is 6.92 Å². The van der Waals surface area contributed by atoms with Gasteiger partial charge in [-0.3, -0.25) is 0 Å². The Morgan fingerprint density at radius 1 is 1.20 bits per heavy atom. The van der Waals surface area contributed by atoms with E-state index in [1.54, 1.807) is 0 Å². The summed E-state index contributed by atoms with van der Waals surface area (Å²) in [6.07, 6.45) is -2.43. The number of halogens is 3. The van der Waals surface area contributed by atoms with E-state index in [9.17, 15) is 13.2 Å². The van der Waals surface area contributed by atoms with Crippen LogP contribution in [-0.4, -0.2) is 6.18 Å². The van der Waals surface area contributed by atoms with Crippen LogP contribution in [0.15, 0.2) is 0 Å². The molecule has 1 rings (SSSR count). The molecule has 1 fully saturated rings. The molecule has 0 aromatic carbocycles. The van der Waals surface area contributed by atoms with E-state index in [2.05, 4.69) is 6.92 Å². The zero-order valence-corrected chi connectivity index (χ0v) is 5.62. The van der Waals surface area contributed by atoms with E-state index in [0.717, 1.165) is 0 Å². The molecule has 0 heterocycles. The highest BCUT2D eigenvalue weighted by atomic mass is 19.4. The van der Waals surface area contributed by atoms with Crippen LogP contribution in [0.3, 0.4) is 0 Å². The molecule has 0 aromatic heterocycles. The van der Waals surface area contributed by atoms with E-state index in [0.29, 0.717) is 12.8 Å².